The van der Waals surface area contributed by atoms with Crippen molar-refractivity contribution in [2.45, 2.75) is 327 Å². The Morgan fingerprint density at radius 2 is 0.658 bits per heavy atom. The number of hydrogen-bond donors (Lipinski definition) is 3. The standard InChI is InChI=1S/C65H116O14/c1-7-13-16-19-21-22-23-24-25-26-28-34-41-48-64(72)75-52-54(53-76-65(73)49-42-35-29-31-38-44-55(66)58(77-61(69)10-4)46-39-32-27-20-17-14-8-2)74-50-43-36-30-33-40-47-59(78-62(70)11-5)57(68)51-60(79-63(71)12-6)56(67)45-37-18-15-9-3/h10-12,54-60,66-68H,4-9,13-53H2,1-3H3. The van der Waals surface area contributed by atoms with Crippen LogP contribution in [-0.2, 0) is 52.4 Å². The Morgan fingerprint density at radius 1 is 0.367 bits per heavy atom. The molecule has 14 nitrogen and oxygen atoms in total. The summed E-state index contributed by atoms with van der Waals surface area (Å²) in [4.78, 5) is 62.0. The summed E-state index contributed by atoms with van der Waals surface area (Å²) in [5.74, 6) is -2.52. The second-order valence-corrected chi connectivity index (χ2v) is 21.9. The topological polar surface area (TPSA) is 201 Å². The van der Waals surface area contributed by atoms with Crippen LogP contribution in [0.4, 0.5) is 0 Å². The minimum absolute atomic E-state index is 0.0141. The molecule has 0 aromatic heterocycles. The Morgan fingerprint density at radius 3 is 1.04 bits per heavy atom. The molecule has 0 saturated carbocycles. The van der Waals surface area contributed by atoms with Crippen LogP contribution in [0.2, 0.25) is 0 Å². The van der Waals surface area contributed by atoms with Gasteiger partial charge < -0.3 is 43.7 Å². The average molecular weight is 1120 g/mol. The van der Waals surface area contributed by atoms with Crippen LogP contribution in [0.5, 0.6) is 0 Å². The molecule has 7 atom stereocenters. The van der Waals surface area contributed by atoms with Gasteiger partial charge in [-0.2, -0.15) is 0 Å². The summed E-state index contributed by atoms with van der Waals surface area (Å²) in [5, 5.41) is 33.0. The molecule has 0 bridgehead atoms. The first-order valence-electron chi connectivity index (χ1n) is 31.8. The van der Waals surface area contributed by atoms with Gasteiger partial charge in [-0.05, 0) is 57.8 Å². The van der Waals surface area contributed by atoms with E-state index >= 15 is 0 Å². The molecule has 0 heterocycles. The van der Waals surface area contributed by atoms with Crippen LogP contribution in [0.3, 0.4) is 0 Å². The van der Waals surface area contributed by atoms with E-state index in [1.54, 1.807) is 0 Å². The van der Waals surface area contributed by atoms with Crippen LogP contribution in [-0.4, -0.2) is 108 Å². The van der Waals surface area contributed by atoms with Gasteiger partial charge in [0.1, 0.15) is 37.6 Å². The Labute approximate surface area is 480 Å². The van der Waals surface area contributed by atoms with E-state index in [4.69, 9.17) is 28.4 Å². The zero-order chi connectivity index (χ0) is 58.4. The van der Waals surface area contributed by atoms with E-state index in [1.807, 2.05) is 0 Å². The summed E-state index contributed by atoms with van der Waals surface area (Å²) >= 11 is 0. The molecule has 0 fully saturated rings. The lowest BCUT2D eigenvalue weighted by Crippen LogP contribution is -2.39. The van der Waals surface area contributed by atoms with Crippen molar-refractivity contribution in [3.63, 3.8) is 0 Å². The molecule has 0 aliphatic heterocycles. The molecule has 14 heteroatoms. The van der Waals surface area contributed by atoms with E-state index in [0.717, 1.165) is 127 Å². The van der Waals surface area contributed by atoms with Crippen LogP contribution in [0, 0.1) is 0 Å². The van der Waals surface area contributed by atoms with Crippen molar-refractivity contribution < 1.29 is 67.7 Å². The Balaban J connectivity index is 5.10. The molecule has 0 saturated heterocycles. The lowest BCUT2D eigenvalue weighted by molar-refractivity contribution is -0.159. The van der Waals surface area contributed by atoms with E-state index in [-0.39, 0.29) is 38.0 Å². The van der Waals surface area contributed by atoms with Gasteiger partial charge in [0, 0.05) is 44.1 Å². The molecule has 0 aromatic rings. The van der Waals surface area contributed by atoms with Crippen molar-refractivity contribution in [1.82, 2.24) is 0 Å². The van der Waals surface area contributed by atoms with Gasteiger partial charge >= 0.3 is 29.8 Å². The average Bonchev–Trinajstić information content (AvgIpc) is 3.44. The van der Waals surface area contributed by atoms with Gasteiger partial charge in [0.05, 0.1) is 18.3 Å². The number of hydrogen-bond acceptors (Lipinski definition) is 14. The summed E-state index contributed by atoms with van der Waals surface area (Å²) in [6.45, 7) is 17.3. The fourth-order valence-corrected chi connectivity index (χ4v) is 9.71. The van der Waals surface area contributed by atoms with Gasteiger partial charge in [-0.1, -0.05) is 227 Å². The summed E-state index contributed by atoms with van der Waals surface area (Å²) in [7, 11) is 0. The van der Waals surface area contributed by atoms with Crippen molar-refractivity contribution in [1.29, 1.82) is 0 Å². The smallest absolute Gasteiger partial charge is 0.330 e. The van der Waals surface area contributed by atoms with Crippen LogP contribution in [0.1, 0.15) is 284 Å². The number of esters is 5. The molecule has 460 valence electrons. The lowest BCUT2D eigenvalue weighted by atomic mass is 9.96. The molecule has 0 aromatic carbocycles. The zero-order valence-electron chi connectivity index (χ0n) is 50.3. The second kappa shape index (κ2) is 55.0. The third-order valence-electron chi connectivity index (χ3n) is 14.7. The maximum Gasteiger partial charge on any atom is 0.330 e. The van der Waals surface area contributed by atoms with Gasteiger partial charge in [-0.25, -0.2) is 14.4 Å². The molecule has 0 rings (SSSR count). The van der Waals surface area contributed by atoms with Gasteiger partial charge in [0.15, 0.2) is 0 Å². The van der Waals surface area contributed by atoms with E-state index in [0.29, 0.717) is 58.0 Å². The predicted molar refractivity (Wildman–Crippen MR) is 316 cm³/mol. The number of aliphatic hydroxyl groups is 3. The number of carbonyl (C=O) groups excluding carboxylic acids is 5. The van der Waals surface area contributed by atoms with Crippen LogP contribution in [0.25, 0.3) is 0 Å². The summed E-state index contributed by atoms with van der Waals surface area (Å²) in [6, 6.07) is 0. The highest BCUT2D eigenvalue weighted by atomic mass is 16.6. The highest BCUT2D eigenvalue weighted by Crippen LogP contribution is 2.23. The molecule has 0 spiro atoms. The molecule has 3 N–H and O–H groups in total. The van der Waals surface area contributed by atoms with E-state index in [2.05, 4.69) is 40.5 Å². The van der Waals surface area contributed by atoms with E-state index in [9.17, 15) is 39.3 Å². The van der Waals surface area contributed by atoms with Gasteiger partial charge in [-0.3, -0.25) is 9.59 Å². The number of unbranched alkanes of at least 4 members (excludes halogenated alkanes) is 29. The van der Waals surface area contributed by atoms with Crippen molar-refractivity contribution in [3.8, 4) is 0 Å². The first-order chi connectivity index (χ1) is 38.3. The fourth-order valence-electron chi connectivity index (χ4n) is 9.71. The predicted octanol–water partition coefficient (Wildman–Crippen LogP) is 14.9. The second-order valence-electron chi connectivity index (χ2n) is 21.9. The van der Waals surface area contributed by atoms with Crippen LogP contribution >= 0.6 is 0 Å². The first-order valence-corrected chi connectivity index (χ1v) is 31.8. The normalized spacial score (nSPS) is 14.0. The Hall–Kier alpha value is -3.59. The van der Waals surface area contributed by atoms with Gasteiger partial charge in [-0.15, -0.1) is 0 Å². The van der Waals surface area contributed by atoms with Crippen LogP contribution < -0.4 is 0 Å². The van der Waals surface area contributed by atoms with E-state index < -0.39 is 60.6 Å². The molecular weight excluding hydrogens is 1000 g/mol. The monoisotopic (exact) mass is 1120 g/mol. The fraction of sp³-hybridized carbons (Fsp3) is 0.831. The number of aliphatic hydroxyl groups excluding tert-OH is 3. The summed E-state index contributed by atoms with van der Waals surface area (Å²) in [6.07, 6.45) is 35.0. The molecule has 0 amide bonds. The molecule has 79 heavy (non-hydrogen) atoms. The minimum atomic E-state index is -1.20. The van der Waals surface area contributed by atoms with Crippen molar-refractivity contribution in [2.24, 2.45) is 0 Å². The quantitative estimate of drug-likeness (QED) is 0.0225. The van der Waals surface area contributed by atoms with Gasteiger partial charge in [0.25, 0.3) is 0 Å². The highest BCUT2D eigenvalue weighted by molar-refractivity contribution is 5.82. The molecule has 7 unspecified atom stereocenters. The lowest BCUT2D eigenvalue weighted by Gasteiger charge is -2.29. The Bertz CT molecular complexity index is 1520. The molecular formula is C65H116O14. The largest absolute Gasteiger partial charge is 0.463 e. The van der Waals surface area contributed by atoms with Crippen molar-refractivity contribution >= 4 is 29.8 Å². The third kappa shape index (κ3) is 46.7. The third-order valence-corrected chi connectivity index (χ3v) is 14.7. The maximum atomic E-state index is 12.9. The molecule has 0 aliphatic carbocycles. The molecule has 0 aliphatic rings. The van der Waals surface area contributed by atoms with Crippen molar-refractivity contribution in [3.05, 3.63) is 38.0 Å². The zero-order valence-corrected chi connectivity index (χ0v) is 50.3. The number of ether oxygens (including phenoxy) is 6. The SMILES string of the molecule is C=CC(=O)OC(CCCCCCCCC)C(O)CCCCCCCC(=O)OCC(COC(=O)CCCCCCCCCCCCCCC)OCCCCCCCC(OC(=O)C=C)C(O)CC(OC(=O)C=C)C(O)CCCCCC. The van der Waals surface area contributed by atoms with Gasteiger partial charge in [0.2, 0.25) is 0 Å². The first kappa shape index (κ1) is 75.4. The number of carbonyl (C=O) groups is 5. The van der Waals surface area contributed by atoms with Crippen LogP contribution in [0.15, 0.2) is 38.0 Å². The Kier molecular flexibility index (Phi) is 52.5. The number of rotatable bonds is 59. The van der Waals surface area contributed by atoms with E-state index in [1.165, 1.54) is 89.9 Å². The summed E-state index contributed by atoms with van der Waals surface area (Å²) < 4.78 is 33.9. The van der Waals surface area contributed by atoms with Crippen molar-refractivity contribution in [2.75, 3.05) is 19.8 Å². The highest BCUT2D eigenvalue weighted by Gasteiger charge is 2.31. The summed E-state index contributed by atoms with van der Waals surface area (Å²) in [5.41, 5.74) is 0. The maximum absolute atomic E-state index is 12.9. The molecule has 0 radical (unpaired) electrons. The minimum Gasteiger partial charge on any atom is -0.463 e.